The van der Waals surface area contributed by atoms with E-state index in [1.165, 1.54) is 19.2 Å². The Morgan fingerprint density at radius 1 is 1.09 bits per heavy atom. The summed E-state index contributed by atoms with van der Waals surface area (Å²) in [4.78, 5) is 10.8. The zero-order chi connectivity index (χ0) is 16.2. The van der Waals surface area contributed by atoms with Gasteiger partial charge in [0.2, 0.25) is 10.0 Å². The minimum Gasteiger partial charge on any atom is -0.493 e. The lowest BCUT2D eigenvalue weighted by Crippen LogP contribution is -2.12. The van der Waals surface area contributed by atoms with Crippen molar-refractivity contribution < 1.29 is 22.7 Å². The maximum atomic E-state index is 11.2. The Hall–Kier alpha value is -2.38. The van der Waals surface area contributed by atoms with Crippen molar-refractivity contribution in [1.82, 2.24) is 0 Å². The molecule has 2 aromatic carbocycles. The molecular weight excluding hydrogens is 306 g/mol. The lowest BCUT2D eigenvalue weighted by molar-refractivity contribution is 0.112. The highest BCUT2D eigenvalue weighted by Gasteiger charge is 2.08. The Bertz CT molecular complexity index is 769. The standard InChI is InChI=1S/C15H15NO5S/c1-20-15-8-12(9-17)4-7-14(15)21-10-11-2-5-13(6-3-11)22(16,18)19/h2-9H,10H2,1H3,(H2,16,18,19). The number of rotatable bonds is 6. The van der Waals surface area contributed by atoms with Crippen LogP contribution < -0.4 is 14.6 Å². The van der Waals surface area contributed by atoms with Crippen LogP contribution in [0.25, 0.3) is 0 Å². The molecule has 0 fully saturated rings. The van der Waals surface area contributed by atoms with Crippen LogP contribution in [0.5, 0.6) is 11.5 Å². The highest BCUT2D eigenvalue weighted by molar-refractivity contribution is 7.89. The highest BCUT2D eigenvalue weighted by Crippen LogP contribution is 2.28. The number of ether oxygens (including phenoxy) is 2. The quantitative estimate of drug-likeness (QED) is 0.818. The molecular formula is C15H15NO5S. The number of hydrogen-bond acceptors (Lipinski definition) is 5. The highest BCUT2D eigenvalue weighted by atomic mass is 32.2. The van der Waals surface area contributed by atoms with Crippen LogP contribution in [0.15, 0.2) is 47.4 Å². The van der Waals surface area contributed by atoms with Crippen LogP contribution >= 0.6 is 0 Å². The van der Waals surface area contributed by atoms with E-state index in [0.29, 0.717) is 17.1 Å². The lowest BCUT2D eigenvalue weighted by atomic mass is 10.2. The number of hydrogen-bond donors (Lipinski definition) is 1. The molecule has 2 rings (SSSR count). The second kappa shape index (κ2) is 6.59. The van der Waals surface area contributed by atoms with Gasteiger partial charge in [-0.1, -0.05) is 12.1 Å². The summed E-state index contributed by atoms with van der Waals surface area (Å²) in [6.45, 7) is 0.224. The second-order valence-corrected chi connectivity index (χ2v) is 6.07. The van der Waals surface area contributed by atoms with E-state index in [4.69, 9.17) is 14.6 Å². The molecule has 0 unspecified atom stereocenters. The van der Waals surface area contributed by atoms with Gasteiger partial charge in [0.25, 0.3) is 0 Å². The average molecular weight is 321 g/mol. The Kier molecular flexibility index (Phi) is 4.79. The molecule has 0 saturated heterocycles. The monoisotopic (exact) mass is 321 g/mol. The van der Waals surface area contributed by atoms with Gasteiger partial charge in [-0.15, -0.1) is 0 Å². The van der Waals surface area contributed by atoms with Gasteiger partial charge < -0.3 is 9.47 Å². The summed E-state index contributed by atoms with van der Waals surface area (Å²) in [6, 6.07) is 10.9. The molecule has 0 radical (unpaired) electrons. The first-order valence-corrected chi connectivity index (χ1v) is 7.86. The first kappa shape index (κ1) is 16.0. The summed E-state index contributed by atoms with van der Waals surface area (Å²) in [6.07, 6.45) is 0.721. The normalized spacial score (nSPS) is 11.0. The first-order valence-electron chi connectivity index (χ1n) is 6.32. The smallest absolute Gasteiger partial charge is 0.238 e. The Morgan fingerprint density at radius 3 is 2.32 bits per heavy atom. The largest absolute Gasteiger partial charge is 0.493 e. The maximum Gasteiger partial charge on any atom is 0.238 e. The molecule has 0 aliphatic carbocycles. The molecule has 0 saturated carbocycles. The van der Waals surface area contributed by atoms with Crippen LogP contribution in [-0.2, 0) is 16.6 Å². The Morgan fingerprint density at radius 2 is 1.77 bits per heavy atom. The van der Waals surface area contributed by atoms with Gasteiger partial charge >= 0.3 is 0 Å². The summed E-state index contributed by atoms with van der Waals surface area (Å²) < 4.78 is 33.1. The van der Waals surface area contributed by atoms with Gasteiger partial charge in [0.1, 0.15) is 12.9 Å². The topological polar surface area (TPSA) is 95.7 Å². The van der Waals surface area contributed by atoms with E-state index in [9.17, 15) is 13.2 Å². The molecule has 22 heavy (non-hydrogen) atoms. The molecule has 0 bridgehead atoms. The fraction of sp³-hybridized carbons (Fsp3) is 0.133. The SMILES string of the molecule is COc1cc(C=O)ccc1OCc1ccc(S(N)(=O)=O)cc1. The van der Waals surface area contributed by atoms with Gasteiger partial charge in [-0.25, -0.2) is 13.6 Å². The van der Waals surface area contributed by atoms with Crippen molar-refractivity contribution in [3.05, 3.63) is 53.6 Å². The minimum atomic E-state index is -3.70. The number of sulfonamides is 1. The summed E-state index contributed by atoms with van der Waals surface area (Å²) in [5.41, 5.74) is 1.26. The minimum absolute atomic E-state index is 0.0455. The third-order valence-corrected chi connectivity index (χ3v) is 3.90. The van der Waals surface area contributed by atoms with Gasteiger partial charge in [-0.05, 0) is 35.9 Å². The zero-order valence-corrected chi connectivity index (χ0v) is 12.7. The van der Waals surface area contributed by atoms with Crippen LogP contribution in [0.4, 0.5) is 0 Å². The number of nitrogens with two attached hydrogens (primary N) is 1. The van der Waals surface area contributed by atoms with Gasteiger partial charge in [-0.2, -0.15) is 0 Å². The molecule has 0 heterocycles. The van der Waals surface area contributed by atoms with Crippen molar-refractivity contribution in [2.24, 2.45) is 5.14 Å². The van der Waals surface area contributed by atoms with Gasteiger partial charge in [0, 0.05) is 5.56 Å². The number of carbonyl (C=O) groups excluding carboxylic acids is 1. The van der Waals surface area contributed by atoms with Crippen molar-refractivity contribution in [2.75, 3.05) is 7.11 Å². The van der Waals surface area contributed by atoms with Gasteiger partial charge in [0.15, 0.2) is 11.5 Å². The summed E-state index contributed by atoms with van der Waals surface area (Å²) in [7, 11) is -2.22. The number of methoxy groups -OCH3 is 1. The van der Waals surface area contributed by atoms with Crippen molar-refractivity contribution in [1.29, 1.82) is 0 Å². The number of aldehydes is 1. The molecule has 2 N–H and O–H groups in total. The predicted octanol–water partition coefficient (Wildman–Crippen LogP) is 1.73. The molecule has 2 aromatic rings. The summed E-state index contributed by atoms with van der Waals surface area (Å²) in [5, 5.41) is 5.03. The summed E-state index contributed by atoms with van der Waals surface area (Å²) >= 11 is 0. The molecule has 6 nitrogen and oxygen atoms in total. The molecule has 0 atom stereocenters. The van der Waals surface area contributed by atoms with Crippen LogP contribution in [-0.4, -0.2) is 21.8 Å². The van der Waals surface area contributed by atoms with E-state index >= 15 is 0 Å². The van der Waals surface area contributed by atoms with E-state index in [-0.39, 0.29) is 11.5 Å². The number of benzene rings is 2. The fourth-order valence-electron chi connectivity index (χ4n) is 1.81. The predicted molar refractivity (Wildman–Crippen MR) is 80.5 cm³/mol. The van der Waals surface area contributed by atoms with E-state index in [2.05, 4.69) is 0 Å². The van der Waals surface area contributed by atoms with Crippen molar-refractivity contribution >= 4 is 16.3 Å². The van der Waals surface area contributed by atoms with Gasteiger partial charge in [0.05, 0.1) is 12.0 Å². The van der Waals surface area contributed by atoms with E-state index in [1.54, 1.807) is 30.3 Å². The number of primary sulfonamides is 1. The van der Waals surface area contributed by atoms with Crippen molar-refractivity contribution in [3.63, 3.8) is 0 Å². The fourth-order valence-corrected chi connectivity index (χ4v) is 2.33. The lowest BCUT2D eigenvalue weighted by Gasteiger charge is -2.11. The van der Waals surface area contributed by atoms with Crippen molar-refractivity contribution in [2.45, 2.75) is 11.5 Å². The third kappa shape index (κ3) is 3.84. The molecule has 0 spiro atoms. The van der Waals surface area contributed by atoms with Crippen molar-refractivity contribution in [3.8, 4) is 11.5 Å². The number of carbonyl (C=O) groups is 1. The van der Waals surface area contributed by atoms with Crippen LogP contribution in [0, 0.1) is 0 Å². The molecule has 0 aliphatic rings. The van der Waals surface area contributed by atoms with Crippen LogP contribution in [0.3, 0.4) is 0 Å². The second-order valence-electron chi connectivity index (χ2n) is 4.51. The Labute approximate surface area is 128 Å². The van der Waals surface area contributed by atoms with E-state index in [1.807, 2.05) is 0 Å². The Balaban J connectivity index is 2.11. The first-order chi connectivity index (χ1) is 10.4. The molecule has 7 heteroatoms. The van der Waals surface area contributed by atoms with Crippen LogP contribution in [0.2, 0.25) is 0 Å². The molecule has 116 valence electrons. The van der Waals surface area contributed by atoms with Crippen LogP contribution in [0.1, 0.15) is 15.9 Å². The summed E-state index contributed by atoms with van der Waals surface area (Å²) in [5.74, 6) is 0.939. The van der Waals surface area contributed by atoms with Gasteiger partial charge in [-0.3, -0.25) is 4.79 Å². The maximum absolute atomic E-state index is 11.2. The zero-order valence-electron chi connectivity index (χ0n) is 11.9. The van der Waals surface area contributed by atoms with E-state index < -0.39 is 10.0 Å². The third-order valence-electron chi connectivity index (χ3n) is 2.97. The van der Waals surface area contributed by atoms with E-state index in [0.717, 1.165) is 11.8 Å². The average Bonchev–Trinajstić information content (AvgIpc) is 2.52. The molecule has 0 amide bonds. The molecule has 0 aliphatic heterocycles. The molecule has 0 aromatic heterocycles.